The van der Waals surface area contributed by atoms with E-state index in [1.165, 1.54) is 42.5 Å². The normalized spacial score (nSPS) is 11.9. The Kier molecular flexibility index (Phi) is 9.88. The van der Waals surface area contributed by atoms with Crippen molar-refractivity contribution in [1.82, 2.24) is 0 Å². The SMILES string of the molecule is CCCCCc1ccc(-c2cc(F)c(C(F)(F)Oc3ccc(-c4ccc(-c5ccc(OC(F)(F)F)cc5)c(F)c4)cc3)c(F)c2)cc1. The minimum Gasteiger partial charge on any atom is -0.429 e. The summed E-state index contributed by atoms with van der Waals surface area (Å²) in [5.74, 6) is -4.46. The van der Waals surface area contributed by atoms with E-state index in [-0.39, 0.29) is 11.1 Å². The van der Waals surface area contributed by atoms with Gasteiger partial charge in [-0.25, -0.2) is 13.2 Å². The summed E-state index contributed by atoms with van der Waals surface area (Å²) in [6.45, 7) is 2.10. The Morgan fingerprint density at radius 2 is 1.00 bits per heavy atom. The molecule has 5 aromatic carbocycles. The number of aryl methyl sites for hydroxylation is 1. The van der Waals surface area contributed by atoms with Gasteiger partial charge in [-0.3, -0.25) is 0 Å². The maximum Gasteiger partial charge on any atom is 0.573 e. The standard InChI is InChI=1S/C37H28F8O2/c1-2-3-4-5-23-6-8-25(9-7-23)28-21-33(39)35(34(40)22-28)36(41,42)46-29-15-10-24(11-16-29)27-14-19-31(32(38)20-27)26-12-17-30(18-13-26)47-37(43,44)45/h6-22H,2-5H2,1H3. The Balaban J connectivity index is 1.28. The van der Waals surface area contributed by atoms with Gasteiger partial charge in [0.15, 0.2) is 0 Å². The van der Waals surface area contributed by atoms with Crippen LogP contribution in [0.4, 0.5) is 35.1 Å². The maximum absolute atomic E-state index is 15.1. The lowest BCUT2D eigenvalue weighted by Gasteiger charge is -2.20. The molecule has 0 aromatic heterocycles. The third-order valence-electron chi connectivity index (χ3n) is 7.49. The lowest BCUT2D eigenvalue weighted by atomic mass is 9.99. The highest BCUT2D eigenvalue weighted by molar-refractivity contribution is 5.72. The van der Waals surface area contributed by atoms with Gasteiger partial charge in [0.2, 0.25) is 0 Å². The van der Waals surface area contributed by atoms with Gasteiger partial charge in [0.05, 0.1) is 0 Å². The van der Waals surface area contributed by atoms with E-state index >= 15 is 8.78 Å². The first kappa shape index (κ1) is 33.5. The minimum atomic E-state index is -4.86. The van der Waals surface area contributed by atoms with E-state index < -0.39 is 47.0 Å². The lowest BCUT2D eigenvalue weighted by molar-refractivity contribution is -0.274. The van der Waals surface area contributed by atoms with Gasteiger partial charge in [0.1, 0.15) is 34.5 Å². The largest absolute Gasteiger partial charge is 0.573 e. The predicted octanol–water partition coefficient (Wildman–Crippen LogP) is 11.9. The fourth-order valence-corrected chi connectivity index (χ4v) is 5.14. The van der Waals surface area contributed by atoms with Crippen molar-refractivity contribution in [3.8, 4) is 44.9 Å². The van der Waals surface area contributed by atoms with Crippen LogP contribution >= 0.6 is 0 Å². The topological polar surface area (TPSA) is 18.5 Å². The number of hydrogen-bond acceptors (Lipinski definition) is 2. The van der Waals surface area contributed by atoms with Crippen LogP contribution in [0.2, 0.25) is 0 Å². The summed E-state index contributed by atoms with van der Waals surface area (Å²) in [5.41, 5.74) is 1.32. The molecule has 0 radical (unpaired) electrons. The summed E-state index contributed by atoms with van der Waals surface area (Å²) < 4.78 is 121. The Morgan fingerprint density at radius 1 is 0.511 bits per heavy atom. The Bertz CT molecular complexity index is 1790. The number of benzene rings is 5. The first-order chi connectivity index (χ1) is 22.3. The maximum atomic E-state index is 15.1. The predicted molar refractivity (Wildman–Crippen MR) is 163 cm³/mol. The molecule has 0 unspecified atom stereocenters. The molecule has 0 aliphatic carbocycles. The minimum absolute atomic E-state index is 0.106. The highest BCUT2D eigenvalue weighted by Gasteiger charge is 2.41. The van der Waals surface area contributed by atoms with Gasteiger partial charge in [-0.15, -0.1) is 13.2 Å². The number of unbranched alkanes of at least 4 members (excludes halogenated alkanes) is 2. The molecule has 0 fully saturated rings. The first-order valence-corrected chi connectivity index (χ1v) is 14.7. The quantitative estimate of drug-likeness (QED) is 0.104. The molecule has 0 bridgehead atoms. The molecule has 0 saturated carbocycles. The second-order valence-corrected chi connectivity index (χ2v) is 10.9. The molecular formula is C37H28F8O2. The van der Waals surface area contributed by atoms with Crippen molar-refractivity contribution < 1.29 is 44.6 Å². The zero-order valence-electron chi connectivity index (χ0n) is 25.0. The Hall–Kier alpha value is -4.86. The molecule has 0 spiro atoms. The molecule has 47 heavy (non-hydrogen) atoms. The molecule has 0 aliphatic rings. The van der Waals surface area contributed by atoms with E-state index in [4.69, 9.17) is 4.74 Å². The lowest BCUT2D eigenvalue weighted by Crippen LogP contribution is -2.25. The van der Waals surface area contributed by atoms with Crippen LogP contribution in [0, 0.1) is 17.5 Å². The first-order valence-electron chi connectivity index (χ1n) is 14.7. The van der Waals surface area contributed by atoms with Gasteiger partial charge in [0, 0.05) is 5.56 Å². The Morgan fingerprint density at radius 3 is 1.55 bits per heavy atom. The fourth-order valence-electron chi connectivity index (χ4n) is 5.14. The van der Waals surface area contributed by atoms with E-state index in [1.54, 1.807) is 12.1 Å². The summed E-state index contributed by atoms with van der Waals surface area (Å²) in [6, 6.07) is 22.6. The number of rotatable bonds is 11. The highest BCUT2D eigenvalue weighted by Crippen LogP contribution is 2.38. The summed E-state index contributed by atoms with van der Waals surface area (Å²) in [7, 11) is 0. The number of halogens is 8. The van der Waals surface area contributed by atoms with Crippen LogP contribution in [0.5, 0.6) is 11.5 Å². The highest BCUT2D eigenvalue weighted by atomic mass is 19.4. The molecule has 0 heterocycles. The summed E-state index contributed by atoms with van der Waals surface area (Å²) in [6.07, 6.45) is -5.16. The van der Waals surface area contributed by atoms with Crippen molar-refractivity contribution in [2.45, 2.75) is 45.1 Å². The molecule has 5 rings (SSSR count). The van der Waals surface area contributed by atoms with Gasteiger partial charge >= 0.3 is 12.5 Å². The molecule has 0 N–H and O–H groups in total. The van der Waals surface area contributed by atoms with Crippen molar-refractivity contribution in [1.29, 1.82) is 0 Å². The fraction of sp³-hybridized carbons (Fsp3) is 0.189. The summed E-state index contributed by atoms with van der Waals surface area (Å²) >= 11 is 0. The number of ether oxygens (including phenoxy) is 2. The molecule has 10 heteroatoms. The molecule has 5 aromatic rings. The van der Waals surface area contributed by atoms with Crippen molar-refractivity contribution in [3.05, 3.63) is 132 Å². The summed E-state index contributed by atoms with van der Waals surface area (Å²) in [4.78, 5) is 0. The van der Waals surface area contributed by atoms with Crippen LogP contribution in [-0.2, 0) is 12.5 Å². The van der Waals surface area contributed by atoms with E-state index in [0.29, 0.717) is 22.3 Å². The van der Waals surface area contributed by atoms with Crippen molar-refractivity contribution >= 4 is 0 Å². The van der Waals surface area contributed by atoms with Gasteiger partial charge in [0.25, 0.3) is 0 Å². The molecule has 0 aliphatic heterocycles. The van der Waals surface area contributed by atoms with Crippen LogP contribution in [0.1, 0.15) is 37.3 Å². The smallest absolute Gasteiger partial charge is 0.429 e. The zero-order valence-corrected chi connectivity index (χ0v) is 25.0. The second kappa shape index (κ2) is 13.9. The van der Waals surface area contributed by atoms with E-state index in [1.807, 2.05) is 12.1 Å². The van der Waals surface area contributed by atoms with Crippen LogP contribution < -0.4 is 9.47 Å². The number of alkyl halides is 5. The van der Waals surface area contributed by atoms with Crippen molar-refractivity contribution in [2.24, 2.45) is 0 Å². The van der Waals surface area contributed by atoms with Gasteiger partial charge in [-0.2, -0.15) is 8.78 Å². The molecule has 2 nitrogen and oxygen atoms in total. The van der Waals surface area contributed by atoms with Crippen molar-refractivity contribution in [3.63, 3.8) is 0 Å². The molecule has 0 atom stereocenters. The van der Waals surface area contributed by atoms with Gasteiger partial charge in [-0.05, 0) is 88.7 Å². The van der Waals surface area contributed by atoms with Crippen molar-refractivity contribution in [2.75, 3.05) is 0 Å². The zero-order chi connectivity index (χ0) is 33.8. The monoisotopic (exact) mass is 656 g/mol. The molecule has 0 amide bonds. The average molecular weight is 657 g/mol. The average Bonchev–Trinajstić information content (AvgIpc) is 3.01. The Labute approximate surface area is 266 Å². The van der Waals surface area contributed by atoms with E-state index in [0.717, 1.165) is 67.6 Å². The van der Waals surface area contributed by atoms with Crippen LogP contribution in [0.15, 0.2) is 103 Å². The van der Waals surface area contributed by atoms with Crippen LogP contribution in [-0.4, -0.2) is 6.36 Å². The molecule has 244 valence electrons. The number of hydrogen-bond donors (Lipinski definition) is 0. The van der Waals surface area contributed by atoms with Crippen LogP contribution in [0.25, 0.3) is 33.4 Å². The summed E-state index contributed by atoms with van der Waals surface area (Å²) in [5, 5.41) is 0. The van der Waals surface area contributed by atoms with Gasteiger partial charge in [-0.1, -0.05) is 80.4 Å². The third kappa shape index (κ3) is 8.30. The van der Waals surface area contributed by atoms with Gasteiger partial charge < -0.3 is 9.47 Å². The van der Waals surface area contributed by atoms with E-state index in [2.05, 4.69) is 11.7 Å². The molecular weight excluding hydrogens is 628 g/mol. The molecule has 0 saturated heterocycles. The third-order valence-corrected chi connectivity index (χ3v) is 7.49. The van der Waals surface area contributed by atoms with E-state index in [9.17, 15) is 26.3 Å². The van der Waals surface area contributed by atoms with Crippen LogP contribution in [0.3, 0.4) is 0 Å². The second-order valence-electron chi connectivity index (χ2n) is 10.9.